The Morgan fingerprint density at radius 1 is 0.853 bits per heavy atom. The fraction of sp³-hybridized carbons (Fsp3) is 0.519. The molecule has 2 aliphatic rings. The maximum atomic E-state index is 14.3. The predicted octanol–water partition coefficient (Wildman–Crippen LogP) is 4.27. The smallest absolute Gasteiger partial charge is 0.166 e. The number of carbonyl (C=O) groups excluding carboxylic acids is 1. The first kappa shape index (κ1) is 24.9. The second-order valence-corrected chi connectivity index (χ2v) is 9.56. The summed E-state index contributed by atoms with van der Waals surface area (Å²) >= 11 is 0. The summed E-state index contributed by atoms with van der Waals surface area (Å²) in [5.74, 6) is -0.726. The standard InChI is InChI=1S/C27H34F2N2O3/c1-17(30-11-3-5-25(30)19-7-9-21(15-32)23(28)13-19)27(34)18(2)31-12-4-6-26(31)20-8-10-22(16-33)24(29)14-20/h7-10,13-14,17-18,25-26,32-33H,3-6,11-12,15-16H2,1-2H3. The molecule has 7 heteroatoms. The van der Waals surface area contributed by atoms with E-state index in [1.165, 1.54) is 12.1 Å². The minimum absolute atomic E-state index is 0.0390. The van der Waals surface area contributed by atoms with Crippen molar-refractivity contribution >= 4 is 5.78 Å². The highest BCUT2D eigenvalue weighted by atomic mass is 19.1. The summed E-state index contributed by atoms with van der Waals surface area (Å²) in [6.45, 7) is 4.72. The molecule has 0 aromatic heterocycles. The van der Waals surface area contributed by atoms with Crippen molar-refractivity contribution in [2.75, 3.05) is 13.1 Å². The number of hydrogen-bond donors (Lipinski definition) is 2. The van der Waals surface area contributed by atoms with Gasteiger partial charge in [0, 0.05) is 23.2 Å². The van der Waals surface area contributed by atoms with Gasteiger partial charge in [0.05, 0.1) is 25.3 Å². The van der Waals surface area contributed by atoms with E-state index in [9.17, 15) is 23.8 Å². The van der Waals surface area contributed by atoms with Crippen molar-refractivity contribution in [2.24, 2.45) is 0 Å². The van der Waals surface area contributed by atoms with Crippen LogP contribution in [0.1, 0.15) is 73.9 Å². The normalized spacial score (nSPS) is 23.4. The highest BCUT2D eigenvalue weighted by molar-refractivity contribution is 5.88. The topological polar surface area (TPSA) is 64.0 Å². The van der Waals surface area contributed by atoms with E-state index in [-0.39, 0.29) is 54.3 Å². The highest BCUT2D eigenvalue weighted by Gasteiger charge is 2.39. The van der Waals surface area contributed by atoms with Gasteiger partial charge in [0.1, 0.15) is 11.6 Å². The van der Waals surface area contributed by atoms with Crippen LogP contribution >= 0.6 is 0 Å². The highest BCUT2D eigenvalue weighted by Crippen LogP contribution is 2.37. The second kappa shape index (κ2) is 10.6. The molecule has 2 saturated heterocycles. The van der Waals surface area contributed by atoms with Gasteiger partial charge in [-0.1, -0.05) is 24.3 Å². The number of rotatable bonds is 8. The van der Waals surface area contributed by atoms with Gasteiger partial charge in [-0.25, -0.2) is 8.78 Å². The van der Waals surface area contributed by atoms with Crippen LogP contribution in [-0.4, -0.2) is 51.0 Å². The molecule has 0 aliphatic carbocycles. The number of aliphatic hydroxyl groups excluding tert-OH is 2. The molecule has 4 unspecified atom stereocenters. The summed E-state index contributed by atoms with van der Waals surface area (Å²) in [5, 5.41) is 18.5. The Morgan fingerprint density at radius 3 is 1.62 bits per heavy atom. The first-order chi connectivity index (χ1) is 16.3. The maximum absolute atomic E-state index is 14.3. The van der Waals surface area contributed by atoms with E-state index >= 15 is 0 Å². The summed E-state index contributed by atoms with van der Waals surface area (Å²) in [5.41, 5.74) is 2.21. The third-order valence-electron chi connectivity index (χ3n) is 7.67. The molecule has 4 rings (SSSR count). The lowest BCUT2D eigenvalue weighted by Gasteiger charge is -2.36. The Morgan fingerprint density at radius 2 is 1.26 bits per heavy atom. The van der Waals surface area contributed by atoms with Gasteiger partial charge < -0.3 is 10.2 Å². The van der Waals surface area contributed by atoms with Gasteiger partial charge in [-0.3, -0.25) is 14.6 Å². The summed E-state index contributed by atoms with van der Waals surface area (Å²) in [7, 11) is 0. The predicted molar refractivity (Wildman–Crippen MR) is 126 cm³/mol. The van der Waals surface area contributed by atoms with E-state index in [2.05, 4.69) is 9.80 Å². The lowest BCUT2D eigenvalue weighted by Crippen LogP contribution is -2.48. The molecule has 0 spiro atoms. The molecule has 34 heavy (non-hydrogen) atoms. The Hall–Kier alpha value is -2.19. The second-order valence-electron chi connectivity index (χ2n) is 9.56. The molecule has 2 fully saturated rings. The Bertz CT molecular complexity index is 951. The van der Waals surface area contributed by atoms with Gasteiger partial charge in [0.25, 0.3) is 0 Å². The molecule has 2 aromatic rings. The van der Waals surface area contributed by atoms with E-state index in [1.54, 1.807) is 12.1 Å². The average Bonchev–Trinajstić information content (AvgIpc) is 3.52. The Kier molecular flexibility index (Phi) is 7.77. The first-order valence-electron chi connectivity index (χ1n) is 12.2. The van der Waals surface area contributed by atoms with E-state index < -0.39 is 11.6 Å². The van der Waals surface area contributed by atoms with Gasteiger partial charge in [0.15, 0.2) is 5.78 Å². The molecule has 5 nitrogen and oxygen atoms in total. The van der Waals surface area contributed by atoms with Crippen molar-refractivity contribution in [1.82, 2.24) is 9.80 Å². The van der Waals surface area contributed by atoms with Crippen molar-refractivity contribution in [3.05, 3.63) is 70.3 Å². The largest absolute Gasteiger partial charge is 0.392 e. The van der Waals surface area contributed by atoms with Gasteiger partial charge >= 0.3 is 0 Å². The zero-order chi connectivity index (χ0) is 24.4. The van der Waals surface area contributed by atoms with Gasteiger partial charge in [0.2, 0.25) is 0 Å². The van der Waals surface area contributed by atoms with E-state index in [1.807, 2.05) is 26.0 Å². The number of halogens is 2. The van der Waals surface area contributed by atoms with Gasteiger partial charge in [-0.15, -0.1) is 0 Å². The van der Waals surface area contributed by atoms with E-state index in [0.717, 1.165) is 49.9 Å². The van der Waals surface area contributed by atoms with Crippen molar-refractivity contribution < 1.29 is 23.8 Å². The van der Waals surface area contributed by atoms with Crippen LogP contribution in [-0.2, 0) is 18.0 Å². The molecular weight excluding hydrogens is 438 g/mol. The molecule has 2 N–H and O–H groups in total. The van der Waals surface area contributed by atoms with Crippen LogP contribution in [0, 0.1) is 11.6 Å². The van der Waals surface area contributed by atoms with Crippen LogP contribution in [0.2, 0.25) is 0 Å². The third kappa shape index (κ3) is 4.80. The fourth-order valence-corrected chi connectivity index (χ4v) is 5.70. The van der Waals surface area contributed by atoms with Crippen LogP contribution < -0.4 is 0 Å². The number of nitrogens with zero attached hydrogens (tertiary/aromatic N) is 2. The van der Waals surface area contributed by atoms with Crippen molar-refractivity contribution in [3.8, 4) is 0 Å². The van der Waals surface area contributed by atoms with Crippen LogP contribution in [0.4, 0.5) is 8.78 Å². The van der Waals surface area contributed by atoms with Crippen LogP contribution in [0.15, 0.2) is 36.4 Å². The lowest BCUT2D eigenvalue weighted by molar-refractivity contribution is -0.129. The van der Waals surface area contributed by atoms with Crippen molar-refractivity contribution in [1.29, 1.82) is 0 Å². The molecular formula is C27H34F2N2O3. The summed E-state index contributed by atoms with van der Waals surface area (Å²) < 4.78 is 28.6. The summed E-state index contributed by atoms with van der Waals surface area (Å²) in [6, 6.07) is 9.14. The monoisotopic (exact) mass is 472 g/mol. The molecule has 0 bridgehead atoms. The molecule has 184 valence electrons. The van der Waals surface area contributed by atoms with E-state index in [4.69, 9.17) is 0 Å². The lowest BCUT2D eigenvalue weighted by atomic mass is 9.97. The van der Waals surface area contributed by atoms with E-state index in [0.29, 0.717) is 0 Å². The Balaban J connectivity index is 1.50. The number of aliphatic hydroxyl groups is 2. The van der Waals surface area contributed by atoms with Crippen molar-refractivity contribution in [3.63, 3.8) is 0 Å². The first-order valence-corrected chi connectivity index (χ1v) is 12.2. The summed E-state index contributed by atoms with van der Waals surface area (Å²) in [4.78, 5) is 17.9. The fourth-order valence-electron chi connectivity index (χ4n) is 5.70. The van der Waals surface area contributed by atoms with Gasteiger partial charge in [-0.2, -0.15) is 0 Å². The number of likely N-dealkylation sites (tertiary alicyclic amines) is 2. The third-order valence-corrected chi connectivity index (χ3v) is 7.67. The molecule has 2 heterocycles. The van der Waals surface area contributed by atoms with Gasteiger partial charge in [-0.05, 0) is 75.9 Å². The minimum Gasteiger partial charge on any atom is -0.392 e. The molecule has 2 aliphatic heterocycles. The quantitative estimate of drug-likeness (QED) is 0.601. The number of ketones is 1. The number of carbonyl (C=O) groups is 1. The molecule has 0 radical (unpaired) electrons. The van der Waals surface area contributed by atoms with Crippen molar-refractivity contribution in [2.45, 2.75) is 76.9 Å². The molecule has 0 amide bonds. The molecule has 4 atom stereocenters. The number of benzene rings is 2. The van der Waals surface area contributed by atoms with Crippen LogP contribution in [0.5, 0.6) is 0 Å². The average molecular weight is 473 g/mol. The number of Topliss-reactive ketones (excluding diaryl/α,β-unsaturated/α-hetero) is 1. The Labute approximate surface area is 200 Å². The zero-order valence-corrected chi connectivity index (χ0v) is 19.9. The minimum atomic E-state index is -0.418. The molecule has 0 saturated carbocycles. The van der Waals surface area contributed by atoms with Crippen LogP contribution in [0.3, 0.4) is 0 Å². The van der Waals surface area contributed by atoms with Crippen LogP contribution in [0.25, 0.3) is 0 Å². The number of hydrogen-bond acceptors (Lipinski definition) is 5. The SMILES string of the molecule is CC(C(=O)C(C)N1CCCC1c1ccc(CO)c(F)c1)N1CCCC1c1ccc(CO)c(F)c1. The summed E-state index contributed by atoms with van der Waals surface area (Å²) in [6.07, 6.45) is 3.57. The maximum Gasteiger partial charge on any atom is 0.166 e. The molecule has 2 aromatic carbocycles. The zero-order valence-electron chi connectivity index (χ0n) is 19.9.